The van der Waals surface area contributed by atoms with Gasteiger partial charge in [-0.15, -0.1) is 0 Å². The van der Waals surface area contributed by atoms with Crippen LogP contribution in [0.25, 0.3) is 131 Å². The molecule has 0 aliphatic carbocycles. The first kappa shape index (κ1) is 47.3. The van der Waals surface area contributed by atoms with Crippen LogP contribution in [0.15, 0.2) is 267 Å². The van der Waals surface area contributed by atoms with Crippen LogP contribution in [-0.4, -0.2) is 0 Å². The zero-order valence-corrected chi connectivity index (χ0v) is 45.0. The number of nitrogens with one attached hydrogen (secondary N) is 1. The van der Waals surface area contributed by atoms with E-state index >= 15 is 9.13 Å². The van der Waals surface area contributed by atoms with E-state index in [-0.39, 0.29) is 23.0 Å². The molecule has 16 rings (SSSR count). The van der Waals surface area contributed by atoms with Gasteiger partial charge in [-0.25, -0.2) is 9.13 Å². The highest BCUT2D eigenvalue weighted by molar-refractivity contribution is 7.68. The Kier molecular flexibility index (Phi) is 10.8. The van der Waals surface area contributed by atoms with E-state index < -0.39 is 15.5 Å². The lowest BCUT2D eigenvalue weighted by Crippen LogP contribution is -2.21. The molecule has 2 aliphatic heterocycles. The molecule has 384 valence electrons. The molecular formula is C72H45NO6P2. The van der Waals surface area contributed by atoms with Gasteiger partial charge in [0, 0.05) is 44.5 Å². The molecule has 9 heteroatoms. The SMILES string of the molecule is O=P1(NP2(=O)Oc3c(-c4cccc5ccccc45)cc4ccccc4c3-c3c(c(-c4cccc5ccccc45)cc4ccccc34)O2)Oc2c(-c3ccccc3)cc3ccccc3c2-c2c(c(-c3ccccc3)cc3ccccc23)O1. The highest BCUT2D eigenvalue weighted by Crippen LogP contribution is 2.69. The Hall–Kier alpha value is -9.74. The van der Waals surface area contributed by atoms with Crippen LogP contribution in [0.4, 0.5) is 0 Å². The predicted octanol–water partition coefficient (Wildman–Crippen LogP) is 20.7. The maximum absolute atomic E-state index is 17.4. The topological polar surface area (TPSA) is 83.1 Å². The van der Waals surface area contributed by atoms with E-state index in [4.69, 9.17) is 18.1 Å². The number of rotatable bonds is 6. The Labute approximate surface area is 466 Å². The third-order valence-electron chi connectivity index (χ3n) is 15.9. The lowest BCUT2D eigenvalue weighted by atomic mass is 9.85. The summed E-state index contributed by atoms with van der Waals surface area (Å²) in [5.74, 6) is 1.09. The summed E-state index contributed by atoms with van der Waals surface area (Å²) in [6.45, 7) is 0. The van der Waals surface area contributed by atoms with Gasteiger partial charge in [-0.05, 0) is 111 Å². The largest absolute Gasteiger partial charge is 0.524 e. The van der Waals surface area contributed by atoms with Gasteiger partial charge >= 0.3 is 15.5 Å². The molecular weight excluding hydrogens is 1040 g/mol. The zero-order valence-electron chi connectivity index (χ0n) is 43.2. The summed E-state index contributed by atoms with van der Waals surface area (Å²) in [5.41, 5.74) is 8.60. The van der Waals surface area contributed by atoms with Crippen LogP contribution in [0.1, 0.15) is 0 Å². The van der Waals surface area contributed by atoms with Gasteiger partial charge in [0.1, 0.15) is 23.0 Å². The third-order valence-corrected chi connectivity index (χ3v) is 19.6. The van der Waals surface area contributed by atoms with Crippen LogP contribution in [-0.2, 0) is 9.13 Å². The molecule has 2 heterocycles. The van der Waals surface area contributed by atoms with E-state index in [1.807, 2.05) is 146 Å². The van der Waals surface area contributed by atoms with E-state index in [9.17, 15) is 0 Å². The maximum Gasteiger partial charge on any atom is 0.524 e. The van der Waals surface area contributed by atoms with Crippen molar-refractivity contribution in [1.29, 1.82) is 0 Å². The van der Waals surface area contributed by atoms with E-state index in [0.717, 1.165) is 86.9 Å². The summed E-state index contributed by atoms with van der Waals surface area (Å²) in [6.07, 6.45) is 0. The molecule has 81 heavy (non-hydrogen) atoms. The monoisotopic (exact) mass is 1080 g/mol. The number of fused-ring (bicyclic) bond motifs is 16. The van der Waals surface area contributed by atoms with Gasteiger partial charge in [0.25, 0.3) is 0 Å². The quantitative estimate of drug-likeness (QED) is 0.166. The fourth-order valence-electron chi connectivity index (χ4n) is 12.4. The molecule has 0 fully saturated rings. The Morgan fingerprint density at radius 3 is 0.840 bits per heavy atom. The zero-order chi connectivity index (χ0) is 53.8. The lowest BCUT2D eigenvalue weighted by molar-refractivity contribution is 0.359. The third kappa shape index (κ3) is 7.70. The molecule has 14 aromatic rings. The average Bonchev–Trinajstić information content (AvgIpc) is 3.99. The van der Waals surface area contributed by atoms with Crippen molar-refractivity contribution in [3.63, 3.8) is 0 Å². The lowest BCUT2D eigenvalue weighted by Gasteiger charge is -2.26. The minimum absolute atomic E-state index is 0.272. The molecule has 1 N–H and O–H groups in total. The molecule has 0 saturated heterocycles. The van der Waals surface area contributed by atoms with Gasteiger partial charge in [0.05, 0.1) is 0 Å². The van der Waals surface area contributed by atoms with Gasteiger partial charge < -0.3 is 18.1 Å². The summed E-state index contributed by atoms with van der Waals surface area (Å²) >= 11 is 0. The van der Waals surface area contributed by atoms with Crippen molar-refractivity contribution in [3.05, 3.63) is 267 Å². The summed E-state index contributed by atoms with van der Waals surface area (Å²) in [6, 6.07) is 89.4. The predicted molar refractivity (Wildman–Crippen MR) is 331 cm³/mol. The molecule has 0 saturated carbocycles. The van der Waals surface area contributed by atoms with Gasteiger partial charge in [0.15, 0.2) is 0 Å². The minimum atomic E-state index is -5.10. The van der Waals surface area contributed by atoms with Crippen molar-refractivity contribution in [2.24, 2.45) is 0 Å². The van der Waals surface area contributed by atoms with Crippen molar-refractivity contribution in [1.82, 2.24) is 4.86 Å². The van der Waals surface area contributed by atoms with Crippen LogP contribution in [0, 0.1) is 0 Å². The molecule has 0 amide bonds. The highest BCUT2D eigenvalue weighted by Gasteiger charge is 2.49. The Morgan fingerprint density at radius 2 is 0.494 bits per heavy atom. The Bertz CT molecular complexity index is 4740. The average molecular weight is 1080 g/mol. The fraction of sp³-hybridized carbons (Fsp3) is 0. The molecule has 0 atom stereocenters. The van der Waals surface area contributed by atoms with E-state index in [1.165, 1.54) is 0 Å². The first-order valence-electron chi connectivity index (χ1n) is 26.9. The molecule has 14 aromatic carbocycles. The van der Waals surface area contributed by atoms with Gasteiger partial charge in [-0.2, -0.15) is 0 Å². The normalized spacial score (nSPS) is 13.9. The van der Waals surface area contributed by atoms with Crippen molar-refractivity contribution >= 4 is 80.1 Å². The van der Waals surface area contributed by atoms with Crippen molar-refractivity contribution < 1.29 is 27.2 Å². The first-order chi connectivity index (χ1) is 39.9. The first-order valence-corrected chi connectivity index (χ1v) is 30.0. The van der Waals surface area contributed by atoms with Crippen LogP contribution in [0.5, 0.6) is 23.0 Å². The molecule has 0 unspecified atom stereocenters. The molecule has 7 nitrogen and oxygen atoms in total. The Balaban J connectivity index is 1.02. The summed E-state index contributed by atoms with van der Waals surface area (Å²) in [4.78, 5) is 3.06. The van der Waals surface area contributed by atoms with Crippen molar-refractivity contribution in [2.75, 3.05) is 0 Å². The molecule has 0 bridgehead atoms. The fourth-order valence-corrected chi connectivity index (χ4v) is 16.1. The second kappa shape index (κ2) is 18.4. The van der Waals surface area contributed by atoms with Crippen molar-refractivity contribution in [2.45, 2.75) is 0 Å². The van der Waals surface area contributed by atoms with Gasteiger partial charge in [-0.3, -0.25) is 0 Å². The van der Waals surface area contributed by atoms with Gasteiger partial charge in [-0.1, -0.05) is 248 Å². The van der Waals surface area contributed by atoms with Gasteiger partial charge in [0.2, 0.25) is 0 Å². The van der Waals surface area contributed by atoms with E-state index in [1.54, 1.807) is 0 Å². The molecule has 2 aliphatic rings. The van der Waals surface area contributed by atoms with Crippen LogP contribution < -0.4 is 23.0 Å². The van der Waals surface area contributed by atoms with Crippen molar-refractivity contribution in [3.8, 4) is 89.8 Å². The highest BCUT2D eigenvalue weighted by atomic mass is 31.3. The maximum atomic E-state index is 17.4. The molecule has 0 aromatic heterocycles. The van der Waals surface area contributed by atoms with Crippen LogP contribution in [0.3, 0.4) is 0 Å². The molecule has 0 spiro atoms. The second-order valence-electron chi connectivity index (χ2n) is 20.6. The second-order valence-corrected chi connectivity index (χ2v) is 24.2. The number of hydrogen-bond donors (Lipinski definition) is 1. The van der Waals surface area contributed by atoms with E-state index in [2.05, 4.69) is 126 Å². The summed E-state index contributed by atoms with van der Waals surface area (Å²) in [7, 11) is -10.2. The number of hydrogen-bond acceptors (Lipinski definition) is 6. The smallest absolute Gasteiger partial charge is 0.403 e. The summed E-state index contributed by atoms with van der Waals surface area (Å²) < 4.78 is 63.8. The Morgan fingerprint density at radius 1 is 0.235 bits per heavy atom. The van der Waals surface area contributed by atoms with Crippen LogP contribution in [0.2, 0.25) is 0 Å². The minimum Gasteiger partial charge on any atom is -0.403 e. The van der Waals surface area contributed by atoms with E-state index in [0.29, 0.717) is 44.5 Å². The van der Waals surface area contributed by atoms with Crippen LogP contribution >= 0.6 is 15.5 Å². The standard InChI is InChI=1S/C72H45NO6P2/c74-80(76-69-61(47-21-3-1-4-22-47)41-49-27-9-15-35-55(49)65(69)66-56-36-16-10-28-50(56)42-62(70(66)77-80)48-23-5-2-6-24-48)73-81(75)78-71-63(59-39-19-31-45-25-7-13-33-53(45)59)43-51-29-11-17-37-57(51)67(71)68-58-38-18-12-30-52(58)44-64(72(68)79-81)60-40-20-32-46-26-8-14-34-54(46)60/h1-44H,(H,73,74,75). The number of benzene rings is 14. The summed E-state index contributed by atoms with van der Waals surface area (Å²) in [5, 5.41) is 11.0. The molecule has 0 radical (unpaired) electrons.